The molecule has 0 aromatic rings. The summed E-state index contributed by atoms with van der Waals surface area (Å²) in [5.74, 6) is 2.49. The van der Waals surface area contributed by atoms with Gasteiger partial charge in [-0.2, -0.15) is 0 Å². The van der Waals surface area contributed by atoms with Gasteiger partial charge in [0.1, 0.15) is 5.60 Å². The zero-order valence-electron chi connectivity index (χ0n) is 18.7. The number of aliphatic hydroxyl groups excluding tert-OH is 1. The molecule has 1 saturated heterocycles. The number of rotatable bonds is 4. The van der Waals surface area contributed by atoms with Crippen molar-refractivity contribution in [1.29, 1.82) is 0 Å². The number of carbonyl (C=O) groups is 1. The third-order valence-corrected chi connectivity index (χ3v) is 11.0. The Bertz CT molecular complexity index is 692. The van der Waals surface area contributed by atoms with Gasteiger partial charge >= 0.3 is 5.97 Å². The molecule has 1 heterocycles. The van der Waals surface area contributed by atoms with E-state index in [1.54, 1.807) is 0 Å². The highest BCUT2D eigenvalue weighted by molar-refractivity contribution is 5.69. The van der Waals surface area contributed by atoms with E-state index in [2.05, 4.69) is 20.8 Å². The van der Waals surface area contributed by atoms with E-state index in [0.717, 1.165) is 43.4 Å². The number of hydrogen-bond donors (Lipinski definition) is 2. The minimum absolute atomic E-state index is 0.0260. The van der Waals surface area contributed by atoms with Crippen LogP contribution in [0.3, 0.4) is 0 Å². The number of epoxide rings is 1. The van der Waals surface area contributed by atoms with Gasteiger partial charge in [-0.1, -0.05) is 27.7 Å². The normalized spacial score (nSPS) is 55.1. The van der Waals surface area contributed by atoms with E-state index in [0.29, 0.717) is 23.4 Å². The standard InChI is InChI=1S/C25H40O4/c1-14(11-15(2)22(27)28)18-5-6-19-17-12-21-25(29-21)13-16(26)7-10-24(25,4)20(17)8-9-23(18,19)3/h14-21,26H,5-13H2,1-4H3,(H,27,28)/t14-,15?,16?,17+,18-,19+,20+,21+,23-,24-,25+/m1/s1. The van der Waals surface area contributed by atoms with E-state index >= 15 is 0 Å². The van der Waals surface area contributed by atoms with E-state index in [-0.39, 0.29) is 23.0 Å². The molecule has 29 heavy (non-hydrogen) atoms. The monoisotopic (exact) mass is 404 g/mol. The first-order valence-corrected chi connectivity index (χ1v) is 12.2. The molecule has 0 aromatic carbocycles. The van der Waals surface area contributed by atoms with Gasteiger partial charge in [0.15, 0.2) is 0 Å². The molecule has 2 N–H and O–H groups in total. The Labute approximate surface area is 175 Å². The predicted octanol–water partition coefficient (Wildman–Crippen LogP) is 4.88. The first-order chi connectivity index (χ1) is 13.6. The highest BCUT2D eigenvalue weighted by Gasteiger charge is 2.76. The van der Waals surface area contributed by atoms with E-state index in [9.17, 15) is 15.0 Å². The largest absolute Gasteiger partial charge is 0.481 e. The molecule has 164 valence electrons. The molecule has 1 aliphatic heterocycles. The lowest BCUT2D eigenvalue weighted by molar-refractivity contribution is -0.142. The number of aliphatic hydroxyl groups is 1. The highest BCUT2D eigenvalue weighted by atomic mass is 16.6. The quantitative estimate of drug-likeness (QED) is 0.655. The SMILES string of the molecule is CC(C[C@@H](C)[C@H]1CC[C@H]2[C@@H]3C[C@@H]4O[C@@]45CC(O)CC[C@]5(C)[C@H]3CC[C@]12C)C(=O)O. The predicted molar refractivity (Wildman–Crippen MR) is 111 cm³/mol. The second kappa shape index (κ2) is 6.45. The first-order valence-electron chi connectivity index (χ1n) is 12.2. The van der Waals surface area contributed by atoms with Crippen LogP contribution in [0.15, 0.2) is 0 Å². The fourth-order valence-electron chi connectivity index (χ4n) is 9.46. The van der Waals surface area contributed by atoms with Crippen LogP contribution in [0.2, 0.25) is 0 Å². The van der Waals surface area contributed by atoms with Crippen molar-refractivity contribution in [3.8, 4) is 0 Å². The van der Waals surface area contributed by atoms with Crippen molar-refractivity contribution in [3.63, 3.8) is 0 Å². The van der Waals surface area contributed by atoms with Crippen molar-refractivity contribution in [2.75, 3.05) is 0 Å². The Hall–Kier alpha value is -0.610. The Morgan fingerprint density at radius 1 is 1.10 bits per heavy atom. The van der Waals surface area contributed by atoms with E-state index in [1.165, 1.54) is 32.1 Å². The van der Waals surface area contributed by atoms with Crippen LogP contribution in [-0.2, 0) is 9.53 Å². The maximum Gasteiger partial charge on any atom is 0.306 e. The van der Waals surface area contributed by atoms with Gasteiger partial charge in [-0.05, 0) is 86.4 Å². The van der Waals surface area contributed by atoms with Crippen LogP contribution >= 0.6 is 0 Å². The Balaban J connectivity index is 1.37. The molecule has 2 unspecified atom stereocenters. The van der Waals surface area contributed by atoms with Gasteiger partial charge in [0.25, 0.3) is 0 Å². The summed E-state index contributed by atoms with van der Waals surface area (Å²) in [6, 6.07) is 0. The molecule has 5 fully saturated rings. The van der Waals surface area contributed by atoms with Crippen LogP contribution in [0, 0.1) is 46.3 Å². The summed E-state index contributed by atoms with van der Waals surface area (Å²) in [7, 11) is 0. The molecular formula is C25H40O4. The summed E-state index contributed by atoms with van der Waals surface area (Å²) in [4.78, 5) is 11.4. The molecule has 4 heteroatoms. The second-order valence-corrected chi connectivity index (χ2v) is 12.1. The van der Waals surface area contributed by atoms with Crippen LogP contribution in [-0.4, -0.2) is 34.0 Å². The summed E-state index contributed by atoms with van der Waals surface area (Å²) >= 11 is 0. The zero-order chi connectivity index (χ0) is 20.8. The molecule has 4 aliphatic carbocycles. The van der Waals surface area contributed by atoms with Gasteiger partial charge < -0.3 is 14.9 Å². The summed E-state index contributed by atoms with van der Waals surface area (Å²) in [6.45, 7) is 9.20. The fourth-order valence-corrected chi connectivity index (χ4v) is 9.46. The van der Waals surface area contributed by atoms with Crippen molar-refractivity contribution in [1.82, 2.24) is 0 Å². The molecule has 0 radical (unpaired) electrons. The lowest BCUT2D eigenvalue weighted by Gasteiger charge is -2.59. The minimum atomic E-state index is -0.651. The maximum absolute atomic E-state index is 11.4. The van der Waals surface area contributed by atoms with Crippen molar-refractivity contribution >= 4 is 5.97 Å². The van der Waals surface area contributed by atoms with Gasteiger partial charge in [-0.25, -0.2) is 0 Å². The Kier molecular flexibility index (Phi) is 4.51. The zero-order valence-corrected chi connectivity index (χ0v) is 18.7. The van der Waals surface area contributed by atoms with E-state index < -0.39 is 5.97 Å². The number of hydrogen-bond acceptors (Lipinski definition) is 3. The smallest absolute Gasteiger partial charge is 0.306 e. The summed E-state index contributed by atoms with van der Waals surface area (Å²) in [5.41, 5.74) is 0.572. The van der Waals surface area contributed by atoms with Crippen LogP contribution in [0.1, 0.15) is 85.5 Å². The van der Waals surface area contributed by atoms with Gasteiger partial charge in [0, 0.05) is 11.8 Å². The van der Waals surface area contributed by atoms with Crippen LogP contribution < -0.4 is 0 Å². The number of ether oxygens (including phenoxy) is 1. The van der Waals surface area contributed by atoms with E-state index in [1.807, 2.05) is 6.92 Å². The molecule has 4 saturated carbocycles. The lowest BCUT2D eigenvalue weighted by atomic mass is 9.44. The number of carboxylic acid groups (broad SMARTS) is 1. The number of carboxylic acids is 1. The molecular weight excluding hydrogens is 364 g/mol. The average molecular weight is 405 g/mol. The summed E-state index contributed by atoms with van der Waals surface area (Å²) < 4.78 is 6.44. The molecule has 1 spiro atoms. The second-order valence-electron chi connectivity index (χ2n) is 12.1. The van der Waals surface area contributed by atoms with E-state index in [4.69, 9.17) is 4.74 Å². The third kappa shape index (κ3) is 2.67. The average Bonchev–Trinajstić information content (AvgIpc) is 3.22. The topological polar surface area (TPSA) is 70.1 Å². The molecule has 0 aromatic heterocycles. The highest BCUT2D eigenvalue weighted by Crippen LogP contribution is 2.74. The Morgan fingerprint density at radius 2 is 1.86 bits per heavy atom. The first kappa shape index (κ1) is 20.3. The van der Waals surface area contributed by atoms with Gasteiger partial charge in [-0.3, -0.25) is 4.79 Å². The molecule has 5 aliphatic rings. The van der Waals surface area contributed by atoms with Gasteiger partial charge in [0.2, 0.25) is 0 Å². The number of aliphatic carboxylic acids is 1. The summed E-state index contributed by atoms with van der Waals surface area (Å²) in [5, 5.41) is 19.7. The summed E-state index contributed by atoms with van der Waals surface area (Å²) in [6.07, 6.45) is 10.3. The molecule has 5 rings (SSSR count). The van der Waals surface area contributed by atoms with Crippen molar-refractivity contribution in [3.05, 3.63) is 0 Å². The van der Waals surface area contributed by atoms with Crippen LogP contribution in [0.4, 0.5) is 0 Å². The fraction of sp³-hybridized carbons (Fsp3) is 0.960. The Morgan fingerprint density at radius 3 is 2.59 bits per heavy atom. The molecule has 11 atom stereocenters. The van der Waals surface area contributed by atoms with Gasteiger partial charge in [0.05, 0.1) is 18.1 Å². The van der Waals surface area contributed by atoms with Crippen molar-refractivity contribution in [2.45, 2.75) is 103 Å². The van der Waals surface area contributed by atoms with Crippen molar-refractivity contribution < 1.29 is 19.7 Å². The van der Waals surface area contributed by atoms with Gasteiger partial charge in [-0.15, -0.1) is 0 Å². The molecule has 0 bridgehead atoms. The molecule has 0 amide bonds. The third-order valence-electron chi connectivity index (χ3n) is 11.0. The van der Waals surface area contributed by atoms with Crippen LogP contribution in [0.25, 0.3) is 0 Å². The number of fused-ring (bicyclic) bond motifs is 4. The van der Waals surface area contributed by atoms with Crippen molar-refractivity contribution in [2.24, 2.45) is 46.3 Å². The van der Waals surface area contributed by atoms with Crippen LogP contribution in [0.5, 0.6) is 0 Å². The maximum atomic E-state index is 11.4. The minimum Gasteiger partial charge on any atom is -0.481 e. The lowest BCUT2D eigenvalue weighted by Crippen LogP contribution is -2.58. The molecule has 4 nitrogen and oxygen atoms in total.